The van der Waals surface area contributed by atoms with Gasteiger partial charge in [-0.25, -0.2) is 0 Å². The van der Waals surface area contributed by atoms with Crippen LogP contribution in [0, 0.1) is 0 Å². The van der Waals surface area contributed by atoms with E-state index in [1.807, 2.05) is 25.3 Å². The fraction of sp³-hybridized carbons (Fsp3) is 0.222. The molecular formula is C18H18N2O2S. The van der Waals surface area contributed by atoms with Gasteiger partial charge in [-0.2, -0.15) is 0 Å². The first kappa shape index (κ1) is 15.5. The molecule has 0 saturated carbocycles. The normalized spacial score (nSPS) is 17.2. The van der Waals surface area contributed by atoms with Crippen molar-refractivity contribution in [3.63, 3.8) is 0 Å². The Kier molecular flexibility index (Phi) is 3.82. The van der Waals surface area contributed by atoms with E-state index < -0.39 is 0 Å². The van der Waals surface area contributed by atoms with E-state index in [-0.39, 0.29) is 17.1 Å². The monoisotopic (exact) mass is 326 g/mol. The second-order valence-electron chi connectivity index (χ2n) is 6.03. The molecule has 0 atom stereocenters. The van der Waals surface area contributed by atoms with Crippen LogP contribution in [0.5, 0.6) is 0 Å². The van der Waals surface area contributed by atoms with Crippen molar-refractivity contribution in [3.05, 3.63) is 65.8 Å². The fourth-order valence-corrected chi connectivity index (χ4v) is 3.20. The average Bonchev–Trinajstić information content (AvgIpc) is 3.11. The summed E-state index contributed by atoms with van der Waals surface area (Å²) in [5, 5.41) is 2.69. The topological polar surface area (TPSA) is 45.5 Å². The highest BCUT2D eigenvalue weighted by Crippen LogP contribution is 2.46. The molecular weight excluding hydrogens is 308 g/mol. The van der Waals surface area contributed by atoms with Crippen molar-refractivity contribution in [3.8, 4) is 0 Å². The van der Waals surface area contributed by atoms with Crippen LogP contribution < -0.4 is 10.2 Å². The molecule has 1 aliphatic rings. The van der Waals surface area contributed by atoms with Crippen LogP contribution in [0.25, 0.3) is 0 Å². The Morgan fingerprint density at radius 2 is 2.00 bits per heavy atom. The standard InChI is InChI=1S/C18H18N2O2S/c1-18(2)12-7-4-5-8-13(12)20(3)15(18)11-16(23)19-17(21)14-9-6-10-22-14/h4-11H,1-3H3,(H,19,21,23)/b15-11+. The van der Waals surface area contributed by atoms with Gasteiger partial charge in [-0.1, -0.05) is 44.3 Å². The minimum Gasteiger partial charge on any atom is -0.459 e. The van der Waals surface area contributed by atoms with Crippen molar-refractivity contribution in [1.82, 2.24) is 5.32 Å². The molecule has 1 amide bonds. The minimum absolute atomic E-state index is 0.176. The lowest BCUT2D eigenvalue weighted by molar-refractivity contribution is 0.0951. The van der Waals surface area contributed by atoms with E-state index in [0.29, 0.717) is 4.99 Å². The van der Waals surface area contributed by atoms with E-state index in [2.05, 4.69) is 36.2 Å². The number of para-hydroxylation sites is 1. The zero-order valence-electron chi connectivity index (χ0n) is 13.3. The average molecular weight is 326 g/mol. The van der Waals surface area contributed by atoms with Gasteiger partial charge < -0.3 is 14.6 Å². The molecule has 0 fully saturated rings. The van der Waals surface area contributed by atoms with Gasteiger partial charge in [-0.3, -0.25) is 4.79 Å². The summed E-state index contributed by atoms with van der Waals surface area (Å²) in [5.74, 6) is -0.0964. The van der Waals surface area contributed by atoms with E-state index in [4.69, 9.17) is 16.6 Å². The minimum atomic E-state index is -0.340. The third-order valence-electron chi connectivity index (χ3n) is 4.19. The van der Waals surface area contributed by atoms with Gasteiger partial charge in [0.25, 0.3) is 5.91 Å². The molecule has 5 heteroatoms. The summed E-state index contributed by atoms with van der Waals surface area (Å²) in [6, 6.07) is 11.5. The lowest BCUT2D eigenvalue weighted by atomic mass is 9.84. The maximum atomic E-state index is 12.0. The molecule has 2 aromatic rings. The molecule has 118 valence electrons. The first-order valence-corrected chi connectivity index (χ1v) is 7.76. The largest absolute Gasteiger partial charge is 0.459 e. The van der Waals surface area contributed by atoms with Gasteiger partial charge in [-0.15, -0.1) is 0 Å². The first-order valence-electron chi connectivity index (χ1n) is 7.35. The second-order valence-corrected chi connectivity index (χ2v) is 6.47. The Hall–Kier alpha value is -2.40. The van der Waals surface area contributed by atoms with Crippen molar-refractivity contribution in [2.45, 2.75) is 19.3 Å². The van der Waals surface area contributed by atoms with Crippen molar-refractivity contribution < 1.29 is 9.21 Å². The number of amides is 1. The quantitative estimate of drug-likeness (QED) is 0.676. The summed E-state index contributed by atoms with van der Waals surface area (Å²) >= 11 is 5.33. The predicted octanol–water partition coefficient (Wildman–Crippen LogP) is 3.65. The van der Waals surface area contributed by atoms with Crippen LogP contribution >= 0.6 is 12.2 Å². The highest BCUT2D eigenvalue weighted by molar-refractivity contribution is 7.80. The molecule has 4 nitrogen and oxygen atoms in total. The molecule has 3 rings (SSSR count). The van der Waals surface area contributed by atoms with Crippen LogP contribution in [0.15, 0.2) is 58.9 Å². The van der Waals surface area contributed by atoms with Crippen LogP contribution in [0.2, 0.25) is 0 Å². The van der Waals surface area contributed by atoms with Crippen molar-refractivity contribution >= 4 is 28.8 Å². The van der Waals surface area contributed by atoms with Gasteiger partial charge in [0.05, 0.1) is 6.26 Å². The van der Waals surface area contributed by atoms with Gasteiger partial charge in [0.1, 0.15) is 4.99 Å². The van der Waals surface area contributed by atoms with E-state index in [1.165, 1.54) is 11.8 Å². The fourth-order valence-electron chi connectivity index (χ4n) is 3.00. The van der Waals surface area contributed by atoms with Gasteiger partial charge in [0.2, 0.25) is 0 Å². The number of nitrogens with one attached hydrogen (secondary N) is 1. The molecule has 1 aromatic carbocycles. The molecule has 0 radical (unpaired) electrons. The number of likely N-dealkylation sites (N-methyl/N-ethyl adjacent to an activating group) is 1. The maximum absolute atomic E-state index is 12.0. The van der Waals surface area contributed by atoms with Crippen LogP contribution in [-0.4, -0.2) is 17.9 Å². The number of carbonyl (C=O) groups is 1. The number of hydrogen-bond donors (Lipinski definition) is 1. The number of allylic oxidation sites excluding steroid dienone is 1. The van der Waals surface area contributed by atoms with Crippen LogP contribution in [0.4, 0.5) is 5.69 Å². The second kappa shape index (κ2) is 5.66. The number of nitrogens with zero attached hydrogens (tertiary/aromatic N) is 1. The van der Waals surface area contributed by atoms with Crippen LogP contribution in [0.1, 0.15) is 30.0 Å². The Balaban J connectivity index is 1.85. The highest BCUT2D eigenvalue weighted by atomic mass is 32.1. The zero-order valence-corrected chi connectivity index (χ0v) is 14.1. The van der Waals surface area contributed by atoms with Gasteiger partial charge >= 0.3 is 0 Å². The molecule has 0 unspecified atom stereocenters. The number of hydrogen-bond acceptors (Lipinski definition) is 4. The number of anilines is 1. The SMILES string of the molecule is CN1/C(=C/C(=S)NC(=O)c2ccco2)C(C)(C)c2ccccc21. The molecule has 1 N–H and O–H groups in total. The van der Waals surface area contributed by atoms with Gasteiger partial charge in [0, 0.05) is 23.8 Å². The summed E-state index contributed by atoms with van der Waals surface area (Å²) in [5.41, 5.74) is 3.27. The lowest BCUT2D eigenvalue weighted by Crippen LogP contribution is -2.30. The number of fused-ring (bicyclic) bond motifs is 1. The number of rotatable bonds is 2. The van der Waals surface area contributed by atoms with Crippen LogP contribution in [-0.2, 0) is 5.41 Å². The lowest BCUT2D eigenvalue weighted by Gasteiger charge is -2.24. The Labute approximate surface area is 140 Å². The Morgan fingerprint density at radius 3 is 2.65 bits per heavy atom. The van der Waals surface area contributed by atoms with Gasteiger partial charge in [0.15, 0.2) is 5.76 Å². The first-order chi connectivity index (χ1) is 10.9. The number of thiocarbonyl (C=S) groups is 1. The maximum Gasteiger partial charge on any atom is 0.291 e. The van der Waals surface area contributed by atoms with Crippen molar-refractivity contribution in [2.75, 3.05) is 11.9 Å². The molecule has 1 aliphatic heterocycles. The zero-order chi connectivity index (χ0) is 16.6. The molecule has 0 bridgehead atoms. The molecule has 1 aromatic heterocycles. The molecule has 0 spiro atoms. The number of carbonyl (C=O) groups excluding carboxylic acids is 1. The summed E-state index contributed by atoms with van der Waals surface area (Å²) in [6.45, 7) is 4.30. The Bertz CT molecular complexity index is 791. The highest BCUT2D eigenvalue weighted by Gasteiger charge is 2.38. The third kappa shape index (κ3) is 2.68. The molecule has 0 saturated heterocycles. The van der Waals surface area contributed by atoms with Crippen molar-refractivity contribution in [1.29, 1.82) is 0 Å². The molecule has 23 heavy (non-hydrogen) atoms. The van der Waals surface area contributed by atoms with E-state index >= 15 is 0 Å². The Morgan fingerprint density at radius 1 is 1.26 bits per heavy atom. The molecule has 0 aliphatic carbocycles. The number of benzene rings is 1. The van der Waals surface area contributed by atoms with Crippen LogP contribution in [0.3, 0.4) is 0 Å². The van der Waals surface area contributed by atoms with E-state index in [9.17, 15) is 4.79 Å². The third-order valence-corrected chi connectivity index (χ3v) is 4.41. The summed E-state index contributed by atoms with van der Waals surface area (Å²) in [4.78, 5) is 14.5. The van der Waals surface area contributed by atoms with Gasteiger partial charge in [-0.05, 0) is 29.8 Å². The summed E-state index contributed by atoms with van der Waals surface area (Å²) in [7, 11) is 2.01. The van der Waals surface area contributed by atoms with Crippen molar-refractivity contribution in [2.24, 2.45) is 0 Å². The summed E-state index contributed by atoms with van der Waals surface area (Å²) in [6.07, 6.45) is 3.30. The van der Waals surface area contributed by atoms with E-state index in [1.54, 1.807) is 12.1 Å². The molecule has 2 heterocycles. The van der Waals surface area contributed by atoms with E-state index in [0.717, 1.165) is 11.4 Å². The predicted molar refractivity (Wildman–Crippen MR) is 94.7 cm³/mol. The smallest absolute Gasteiger partial charge is 0.291 e. The number of furan rings is 1. The summed E-state index contributed by atoms with van der Waals surface area (Å²) < 4.78 is 5.08.